The van der Waals surface area contributed by atoms with Crippen LogP contribution in [0.2, 0.25) is 0 Å². The second-order valence-electron chi connectivity index (χ2n) is 5.17. The third-order valence-corrected chi connectivity index (χ3v) is 3.86. The zero-order chi connectivity index (χ0) is 13.9. The summed E-state index contributed by atoms with van der Waals surface area (Å²) in [7, 11) is 0. The molecular formula is C14H19ClN4O. The van der Waals surface area contributed by atoms with E-state index in [0.29, 0.717) is 18.6 Å². The Morgan fingerprint density at radius 2 is 2.15 bits per heavy atom. The predicted molar refractivity (Wildman–Crippen MR) is 79.6 cm³/mol. The van der Waals surface area contributed by atoms with E-state index in [1.54, 1.807) is 6.33 Å². The van der Waals surface area contributed by atoms with Crippen molar-refractivity contribution in [3.05, 3.63) is 24.0 Å². The highest BCUT2D eigenvalue weighted by atomic mass is 35.5. The maximum Gasteiger partial charge on any atom is 0.157 e. The number of ether oxygens (including phenoxy) is 1. The summed E-state index contributed by atoms with van der Waals surface area (Å²) in [4.78, 5) is 6.63. The number of fused-ring (bicyclic) bond motifs is 1. The molecule has 0 atom stereocenters. The molecule has 0 amide bonds. The number of rotatable bonds is 4. The summed E-state index contributed by atoms with van der Waals surface area (Å²) in [5.41, 5.74) is 2.11. The Kier molecular flexibility index (Phi) is 4.08. The quantitative estimate of drug-likeness (QED) is 0.811. The fraction of sp³-hybridized carbons (Fsp3) is 0.571. The van der Waals surface area contributed by atoms with Crippen LogP contribution in [0.25, 0.3) is 5.65 Å². The maximum atomic E-state index is 5.72. The summed E-state index contributed by atoms with van der Waals surface area (Å²) in [6, 6.07) is 4.22. The van der Waals surface area contributed by atoms with Crippen LogP contribution in [-0.2, 0) is 4.74 Å². The van der Waals surface area contributed by atoms with Gasteiger partial charge < -0.3 is 9.64 Å². The first-order valence-electron chi connectivity index (χ1n) is 7.01. The summed E-state index contributed by atoms with van der Waals surface area (Å²) in [5, 5.41) is 4.32. The van der Waals surface area contributed by atoms with Gasteiger partial charge in [0.15, 0.2) is 5.65 Å². The van der Waals surface area contributed by atoms with Crippen LogP contribution in [0.3, 0.4) is 0 Å². The second kappa shape index (κ2) is 5.97. The number of piperidine rings is 1. The van der Waals surface area contributed by atoms with Crippen molar-refractivity contribution < 1.29 is 4.74 Å². The molecule has 1 saturated heterocycles. The molecule has 1 aliphatic rings. The minimum Gasteiger partial charge on any atom is -0.377 e. The van der Waals surface area contributed by atoms with E-state index in [2.05, 4.69) is 28.0 Å². The van der Waals surface area contributed by atoms with Gasteiger partial charge in [-0.1, -0.05) is 0 Å². The minimum absolute atomic E-state index is 0.334. The summed E-state index contributed by atoms with van der Waals surface area (Å²) in [6.07, 6.45) is 4.00. The standard InChI is InChI=1S/C14H19ClN4O/c1-11-8-13-16-10-17-19(13)14(9-11)18-5-2-12(3-6-18)20-7-4-15/h8-10,12H,2-7H2,1H3. The van der Waals surface area contributed by atoms with Gasteiger partial charge in [0, 0.05) is 19.0 Å². The van der Waals surface area contributed by atoms with E-state index in [1.807, 2.05) is 10.6 Å². The molecule has 1 fully saturated rings. The van der Waals surface area contributed by atoms with Gasteiger partial charge >= 0.3 is 0 Å². The monoisotopic (exact) mass is 294 g/mol. The third kappa shape index (κ3) is 2.74. The van der Waals surface area contributed by atoms with Crippen molar-refractivity contribution in [2.24, 2.45) is 0 Å². The molecule has 3 rings (SSSR count). The molecule has 1 aliphatic heterocycles. The number of aryl methyl sites for hydroxylation is 1. The van der Waals surface area contributed by atoms with Crippen LogP contribution in [0.15, 0.2) is 18.5 Å². The van der Waals surface area contributed by atoms with Crippen LogP contribution in [0.5, 0.6) is 0 Å². The van der Waals surface area contributed by atoms with Crippen LogP contribution in [0, 0.1) is 6.92 Å². The molecule has 2 aromatic rings. The van der Waals surface area contributed by atoms with E-state index >= 15 is 0 Å². The maximum absolute atomic E-state index is 5.72. The van der Waals surface area contributed by atoms with Crippen LogP contribution >= 0.6 is 11.6 Å². The average Bonchev–Trinajstić information content (AvgIpc) is 2.93. The SMILES string of the molecule is Cc1cc(N2CCC(OCCCl)CC2)n2ncnc2c1. The van der Waals surface area contributed by atoms with Crippen molar-refractivity contribution in [3.63, 3.8) is 0 Å². The molecule has 20 heavy (non-hydrogen) atoms. The molecule has 5 nitrogen and oxygen atoms in total. The molecule has 0 unspecified atom stereocenters. The lowest BCUT2D eigenvalue weighted by Gasteiger charge is -2.33. The van der Waals surface area contributed by atoms with E-state index in [4.69, 9.17) is 16.3 Å². The summed E-state index contributed by atoms with van der Waals surface area (Å²) >= 11 is 5.66. The Labute approximate surface area is 123 Å². The van der Waals surface area contributed by atoms with E-state index in [1.165, 1.54) is 5.56 Å². The molecule has 0 bridgehead atoms. The largest absolute Gasteiger partial charge is 0.377 e. The number of nitrogens with zero attached hydrogens (tertiary/aromatic N) is 4. The number of alkyl halides is 1. The van der Waals surface area contributed by atoms with Gasteiger partial charge in [-0.15, -0.1) is 11.6 Å². The number of hydrogen-bond acceptors (Lipinski definition) is 4. The van der Waals surface area contributed by atoms with Crippen molar-refractivity contribution in [1.82, 2.24) is 14.6 Å². The van der Waals surface area contributed by atoms with E-state index in [-0.39, 0.29) is 0 Å². The van der Waals surface area contributed by atoms with Crippen molar-refractivity contribution in [1.29, 1.82) is 0 Å². The summed E-state index contributed by atoms with van der Waals surface area (Å²) in [6.45, 7) is 4.69. The molecule has 0 spiro atoms. The molecule has 2 aromatic heterocycles. The molecule has 0 saturated carbocycles. The highest BCUT2D eigenvalue weighted by Crippen LogP contribution is 2.23. The van der Waals surface area contributed by atoms with Gasteiger partial charge in [0.2, 0.25) is 0 Å². The molecule has 0 radical (unpaired) electrons. The highest BCUT2D eigenvalue weighted by molar-refractivity contribution is 6.17. The summed E-state index contributed by atoms with van der Waals surface area (Å²) < 4.78 is 7.63. The Balaban J connectivity index is 1.75. The first-order valence-corrected chi connectivity index (χ1v) is 7.54. The highest BCUT2D eigenvalue weighted by Gasteiger charge is 2.21. The minimum atomic E-state index is 0.334. The number of aromatic nitrogens is 3. The zero-order valence-electron chi connectivity index (χ0n) is 11.6. The lowest BCUT2D eigenvalue weighted by molar-refractivity contribution is 0.0470. The molecular weight excluding hydrogens is 276 g/mol. The van der Waals surface area contributed by atoms with Gasteiger partial charge in [-0.3, -0.25) is 0 Å². The first kappa shape index (κ1) is 13.6. The van der Waals surface area contributed by atoms with Crippen molar-refractivity contribution in [2.75, 3.05) is 30.5 Å². The zero-order valence-corrected chi connectivity index (χ0v) is 12.4. The smallest absolute Gasteiger partial charge is 0.157 e. The predicted octanol–water partition coefficient (Wildman–Crippen LogP) is 2.26. The van der Waals surface area contributed by atoms with Crippen LogP contribution in [-0.4, -0.2) is 46.3 Å². The molecule has 108 valence electrons. The van der Waals surface area contributed by atoms with E-state index < -0.39 is 0 Å². The Bertz CT molecular complexity index is 578. The number of pyridine rings is 1. The van der Waals surface area contributed by atoms with Crippen LogP contribution in [0.1, 0.15) is 18.4 Å². The number of hydrogen-bond donors (Lipinski definition) is 0. The summed E-state index contributed by atoms with van der Waals surface area (Å²) in [5.74, 6) is 1.69. The first-order chi connectivity index (χ1) is 9.78. The van der Waals surface area contributed by atoms with E-state index in [9.17, 15) is 0 Å². The van der Waals surface area contributed by atoms with Crippen molar-refractivity contribution in [3.8, 4) is 0 Å². The second-order valence-corrected chi connectivity index (χ2v) is 5.55. The lowest BCUT2D eigenvalue weighted by atomic mass is 10.1. The molecule has 0 aliphatic carbocycles. The van der Waals surface area contributed by atoms with Gasteiger partial charge in [-0.25, -0.2) is 4.98 Å². The van der Waals surface area contributed by atoms with Crippen LogP contribution in [0.4, 0.5) is 5.82 Å². The normalized spacial score (nSPS) is 17.0. The fourth-order valence-electron chi connectivity index (χ4n) is 2.72. The topological polar surface area (TPSA) is 42.7 Å². The molecule has 0 aromatic carbocycles. The Hall–Kier alpha value is -1.33. The third-order valence-electron chi connectivity index (χ3n) is 3.70. The Morgan fingerprint density at radius 3 is 2.90 bits per heavy atom. The lowest BCUT2D eigenvalue weighted by Crippen LogP contribution is -2.38. The molecule has 0 N–H and O–H groups in total. The van der Waals surface area contributed by atoms with Gasteiger partial charge in [-0.05, 0) is 37.5 Å². The number of halogens is 1. The fourth-order valence-corrected chi connectivity index (χ4v) is 2.81. The Morgan fingerprint density at radius 1 is 1.35 bits per heavy atom. The molecule has 3 heterocycles. The van der Waals surface area contributed by atoms with Crippen molar-refractivity contribution >= 4 is 23.1 Å². The van der Waals surface area contributed by atoms with Gasteiger partial charge in [0.1, 0.15) is 12.1 Å². The van der Waals surface area contributed by atoms with Gasteiger partial charge in [-0.2, -0.15) is 9.61 Å². The van der Waals surface area contributed by atoms with Gasteiger partial charge in [0.05, 0.1) is 12.7 Å². The number of anilines is 1. The molecule has 6 heteroatoms. The van der Waals surface area contributed by atoms with Crippen LogP contribution < -0.4 is 4.90 Å². The van der Waals surface area contributed by atoms with Gasteiger partial charge in [0.25, 0.3) is 0 Å². The van der Waals surface area contributed by atoms with E-state index in [0.717, 1.165) is 37.4 Å². The van der Waals surface area contributed by atoms with Crippen molar-refractivity contribution in [2.45, 2.75) is 25.9 Å². The average molecular weight is 295 g/mol.